The Morgan fingerprint density at radius 2 is 2.21 bits per heavy atom. The SMILES string of the molecule is CC(C)CC1CCCC(N)(Cc2cccc(Cl)c2)C1. The highest BCUT2D eigenvalue weighted by Gasteiger charge is 2.33. The van der Waals surface area contributed by atoms with Gasteiger partial charge < -0.3 is 5.73 Å². The summed E-state index contributed by atoms with van der Waals surface area (Å²) in [5, 5.41) is 0.815. The Kier molecular flexibility index (Phi) is 4.92. The first-order valence-electron chi connectivity index (χ1n) is 7.50. The van der Waals surface area contributed by atoms with Crippen LogP contribution in [0.25, 0.3) is 0 Å². The summed E-state index contributed by atoms with van der Waals surface area (Å²) in [5.74, 6) is 1.58. The van der Waals surface area contributed by atoms with Crippen molar-refractivity contribution in [3.8, 4) is 0 Å². The van der Waals surface area contributed by atoms with E-state index in [-0.39, 0.29) is 5.54 Å². The second-order valence-corrected chi connectivity index (χ2v) is 7.20. The Balaban J connectivity index is 2.01. The lowest BCUT2D eigenvalue weighted by Crippen LogP contribution is -2.46. The van der Waals surface area contributed by atoms with Crippen LogP contribution in [0.5, 0.6) is 0 Å². The van der Waals surface area contributed by atoms with Crippen LogP contribution in [0.2, 0.25) is 5.02 Å². The molecule has 1 fully saturated rings. The van der Waals surface area contributed by atoms with Crippen molar-refractivity contribution in [2.75, 3.05) is 0 Å². The van der Waals surface area contributed by atoms with Gasteiger partial charge in [-0.1, -0.05) is 50.4 Å². The normalized spacial score (nSPS) is 27.7. The highest BCUT2D eigenvalue weighted by molar-refractivity contribution is 6.30. The van der Waals surface area contributed by atoms with Gasteiger partial charge in [0.25, 0.3) is 0 Å². The molecule has 106 valence electrons. The van der Waals surface area contributed by atoms with E-state index in [4.69, 9.17) is 17.3 Å². The number of halogens is 1. The fraction of sp³-hybridized carbons (Fsp3) is 0.647. The zero-order chi connectivity index (χ0) is 13.9. The molecular formula is C17H26ClN. The van der Waals surface area contributed by atoms with E-state index < -0.39 is 0 Å². The Hall–Kier alpha value is -0.530. The summed E-state index contributed by atoms with van der Waals surface area (Å²) < 4.78 is 0. The summed E-state index contributed by atoms with van der Waals surface area (Å²) in [5.41, 5.74) is 7.92. The summed E-state index contributed by atoms with van der Waals surface area (Å²) in [6.45, 7) is 4.62. The first-order valence-corrected chi connectivity index (χ1v) is 7.88. The summed E-state index contributed by atoms with van der Waals surface area (Å²) >= 11 is 6.06. The lowest BCUT2D eigenvalue weighted by atomic mass is 9.71. The maximum atomic E-state index is 6.66. The largest absolute Gasteiger partial charge is 0.325 e. The molecule has 1 nitrogen and oxygen atoms in total. The molecule has 1 aromatic carbocycles. The molecule has 0 radical (unpaired) electrons. The Labute approximate surface area is 122 Å². The first kappa shape index (κ1) is 14.9. The minimum Gasteiger partial charge on any atom is -0.325 e. The van der Waals surface area contributed by atoms with E-state index in [0.717, 1.165) is 36.1 Å². The average molecular weight is 280 g/mol. The highest BCUT2D eigenvalue weighted by atomic mass is 35.5. The predicted molar refractivity (Wildman–Crippen MR) is 83.5 cm³/mol. The van der Waals surface area contributed by atoms with Crippen molar-refractivity contribution < 1.29 is 0 Å². The van der Waals surface area contributed by atoms with Gasteiger partial charge in [0.05, 0.1) is 0 Å². The topological polar surface area (TPSA) is 26.0 Å². The molecule has 2 unspecified atom stereocenters. The van der Waals surface area contributed by atoms with Crippen LogP contribution in [0.1, 0.15) is 51.5 Å². The van der Waals surface area contributed by atoms with E-state index >= 15 is 0 Å². The van der Waals surface area contributed by atoms with Gasteiger partial charge in [-0.05, 0) is 55.2 Å². The minimum absolute atomic E-state index is 0.0253. The molecule has 2 heteroatoms. The molecule has 2 rings (SSSR count). The van der Waals surface area contributed by atoms with Crippen molar-refractivity contribution in [3.63, 3.8) is 0 Å². The molecule has 0 spiro atoms. The van der Waals surface area contributed by atoms with Gasteiger partial charge >= 0.3 is 0 Å². The molecule has 0 amide bonds. The minimum atomic E-state index is -0.0253. The smallest absolute Gasteiger partial charge is 0.0408 e. The number of hydrogen-bond acceptors (Lipinski definition) is 1. The average Bonchev–Trinajstić information content (AvgIpc) is 2.27. The van der Waals surface area contributed by atoms with Gasteiger partial charge in [-0.3, -0.25) is 0 Å². The van der Waals surface area contributed by atoms with Gasteiger partial charge in [-0.25, -0.2) is 0 Å². The van der Waals surface area contributed by atoms with E-state index in [1.165, 1.54) is 24.8 Å². The lowest BCUT2D eigenvalue weighted by Gasteiger charge is -2.39. The summed E-state index contributed by atoms with van der Waals surface area (Å²) in [7, 11) is 0. The summed E-state index contributed by atoms with van der Waals surface area (Å²) in [6.07, 6.45) is 7.21. The molecule has 1 aliphatic rings. The number of benzene rings is 1. The van der Waals surface area contributed by atoms with Gasteiger partial charge in [0.15, 0.2) is 0 Å². The Morgan fingerprint density at radius 3 is 2.89 bits per heavy atom. The fourth-order valence-corrected chi connectivity index (χ4v) is 3.82. The highest BCUT2D eigenvalue weighted by Crippen LogP contribution is 2.36. The molecule has 0 aromatic heterocycles. The van der Waals surface area contributed by atoms with Crippen molar-refractivity contribution in [1.82, 2.24) is 0 Å². The number of rotatable bonds is 4. The quantitative estimate of drug-likeness (QED) is 0.840. The molecule has 0 aliphatic heterocycles. The van der Waals surface area contributed by atoms with Crippen molar-refractivity contribution >= 4 is 11.6 Å². The molecule has 0 saturated heterocycles. The predicted octanol–water partition coefficient (Wildman–Crippen LogP) is 4.82. The monoisotopic (exact) mass is 279 g/mol. The van der Waals surface area contributed by atoms with Crippen molar-refractivity contribution in [2.24, 2.45) is 17.6 Å². The van der Waals surface area contributed by atoms with Crippen LogP contribution in [0, 0.1) is 11.8 Å². The van der Waals surface area contributed by atoms with Gasteiger partial charge in [-0.2, -0.15) is 0 Å². The van der Waals surface area contributed by atoms with Crippen LogP contribution in [0.3, 0.4) is 0 Å². The zero-order valence-corrected chi connectivity index (χ0v) is 12.9. The van der Waals surface area contributed by atoms with Gasteiger partial charge in [0.1, 0.15) is 0 Å². The van der Waals surface area contributed by atoms with Crippen molar-refractivity contribution in [3.05, 3.63) is 34.9 Å². The van der Waals surface area contributed by atoms with Gasteiger partial charge in [0, 0.05) is 10.6 Å². The molecule has 1 aromatic rings. The van der Waals surface area contributed by atoms with E-state index in [2.05, 4.69) is 26.0 Å². The molecular weight excluding hydrogens is 254 g/mol. The van der Waals surface area contributed by atoms with E-state index in [9.17, 15) is 0 Å². The van der Waals surface area contributed by atoms with Crippen LogP contribution in [0.15, 0.2) is 24.3 Å². The van der Waals surface area contributed by atoms with E-state index in [0.29, 0.717) is 0 Å². The van der Waals surface area contributed by atoms with Crippen LogP contribution in [-0.2, 0) is 6.42 Å². The van der Waals surface area contributed by atoms with Crippen LogP contribution < -0.4 is 5.73 Å². The molecule has 1 aliphatic carbocycles. The molecule has 1 saturated carbocycles. The Morgan fingerprint density at radius 1 is 1.42 bits per heavy atom. The third kappa shape index (κ3) is 4.50. The van der Waals surface area contributed by atoms with Gasteiger partial charge in [-0.15, -0.1) is 0 Å². The standard InChI is InChI=1S/C17H26ClN/c1-13(2)9-14-6-4-8-17(19,11-14)12-15-5-3-7-16(18)10-15/h3,5,7,10,13-14H,4,6,8-9,11-12,19H2,1-2H3. The summed E-state index contributed by atoms with van der Waals surface area (Å²) in [6, 6.07) is 8.15. The Bertz CT molecular complexity index is 415. The fourth-order valence-electron chi connectivity index (χ4n) is 3.60. The third-order valence-electron chi connectivity index (χ3n) is 4.23. The second-order valence-electron chi connectivity index (χ2n) is 6.76. The number of nitrogens with two attached hydrogens (primary N) is 1. The maximum absolute atomic E-state index is 6.66. The first-order chi connectivity index (χ1) is 8.97. The zero-order valence-electron chi connectivity index (χ0n) is 12.2. The van der Waals surface area contributed by atoms with Crippen LogP contribution in [-0.4, -0.2) is 5.54 Å². The summed E-state index contributed by atoms with van der Waals surface area (Å²) in [4.78, 5) is 0. The molecule has 2 N–H and O–H groups in total. The van der Waals surface area contributed by atoms with Gasteiger partial charge in [0.2, 0.25) is 0 Å². The van der Waals surface area contributed by atoms with E-state index in [1.807, 2.05) is 12.1 Å². The maximum Gasteiger partial charge on any atom is 0.0408 e. The second kappa shape index (κ2) is 6.28. The van der Waals surface area contributed by atoms with Crippen LogP contribution in [0.4, 0.5) is 0 Å². The number of hydrogen-bond donors (Lipinski definition) is 1. The van der Waals surface area contributed by atoms with Crippen molar-refractivity contribution in [2.45, 2.75) is 57.9 Å². The van der Waals surface area contributed by atoms with Crippen LogP contribution >= 0.6 is 11.6 Å². The van der Waals surface area contributed by atoms with E-state index in [1.54, 1.807) is 0 Å². The third-order valence-corrected chi connectivity index (χ3v) is 4.47. The van der Waals surface area contributed by atoms with Crippen molar-refractivity contribution in [1.29, 1.82) is 0 Å². The lowest BCUT2D eigenvalue weighted by molar-refractivity contribution is 0.200. The molecule has 19 heavy (non-hydrogen) atoms. The molecule has 0 heterocycles. The molecule has 2 atom stereocenters. The molecule has 0 bridgehead atoms.